The van der Waals surface area contributed by atoms with E-state index in [2.05, 4.69) is 10.0 Å². The first kappa shape index (κ1) is 20.8. The van der Waals surface area contributed by atoms with E-state index in [0.29, 0.717) is 34.2 Å². The fourth-order valence-corrected chi connectivity index (χ4v) is 4.01. The number of hydrogen-bond acceptors (Lipinski definition) is 6. The molecule has 0 saturated carbocycles. The fraction of sp³-hybridized carbons (Fsp3) is 0.350. The van der Waals surface area contributed by atoms with Gasteiger partial charge in [-0.15, -0.1) is 0 Å². The van der Waals surface area contributed by atoms with Crippen LogP contribution in [-0.2, 0) is 20.6 Å². The number of amides is 1. The molecule has 0 radical (unpaired) electrons. The molecule has 2 aromatic rings. The van der Waals surface area contributed by atoms with Gasteiger partial charge in [0.15, 0.2) is 11.5 Å². The highest BCUT2D eigenvalue weighted by molar-refractivity contribution is 7.91. The zero-order valence-corrected chi connectivity index (χ0v) is 17.6. The lowest BCUT2D eigenvalue weighted by atomic mass is 9.94. The van der Waals surface area contributed by atoms with E-state index >= 15 is 0 Å². The summed E-state index contributed by atoms with van der Waals surface area (Å²) in [6, 6.07) is 9.69. The standard InChI is InChI=1S/C20H24N2O6S/c1-20(2)12-28-17-10-14(6-7-15(17)21-19(20)23)22-29(24,25)11-13-5-8-16(26-3)18(9-13)27-4/h5-10,22H,11-12H2,1-4H3,(H,21,23). The van der Waals surface area contributed by atoms with E-state index in [1.54, 1.807) is 50.2 Å². The molecule has 2 aromatic carbocycles. The molecule has 29 heavy (non-hydrogen) atoms. The number of anilines is 2. The summed E-state index contributed by atoms with van der Waals surface area (Å²) in [7, 11) is -0.687. The molecule has 8 nitrogen and oxygen atoms in total. The molecule has 1 heterocycles. The van der Waals surface area contributed by atoms with Crippen molar-refractivity contribution in [3.63, 3.8) is 0 Å². The number of rotatable bonds is 6. The van der Waals surface area contributed by atoms with Crippen LogP contribution in [0.25, 0.3) is 0 Å². The van der Waals surface area contributed by atoms with Crippen molar-refractivity contribution in [1.29, 1.82) is 0 Å². The predicted molar refractivity (Wildman–Crippen MR) is 110 cm³/mol. The zero-order chi connectivity index (χ0) is 21.2. The van der Waals surface area contributed by atoms with Crippen molar-refractivity contribution >= 4 is 27.3 Å². The number of fused-ring (bicyclic) bond motifs is 1. The van der Waals surface area contributed by atoms with Crippen molar-refractivity contribution in [1.82, 2.24) is 0 Å². The quantitative estimate of drug-likeness (QED) is 0.745. The Labute approximate surface area is 170 Å². The van der Waals surface area contributed by atoms with Crippen molar-refractivity contribution in [2.24, 2.45) is 5.41 Å². The summed E-state index contributed by atoms with van der Waals surface area (Å²) in [6.07, 6.45) is 0. The Bertz CT molecular complexity index is 1030. The van der Waals surface area contributed by atoms with E-state index in [0.717, 1.165) is 0 Å². The number of benzene rings is 2. The minimum atomic E-state index is -3.69. The van der Waals surface area contributed by atoms with Gasteiger partial charge in [0.25, 0.3) is 0 Å². The van der Waals surface area contributed by atoms with Gasteiger partial charge < -0.3 is 19.5 Å². The SMILES string of the molecule is COc1ccc(CS(=O)(=O)Nc2ccc3c(c2)OCC(C)(C)C(=O)N3)cc1OC. The third-order valence-electron chi connectivity index (χ3n) is 4.51. The first-order chi connectivity index (χ1) is 13.6. The van der Waals surface area contributed by atoms with Crippen LogP contribution in [0.3, 0.4) is 0 Å². The molecule has 0 fully saturated rings. The molecule has 9 heteroatoms. The Hall–Kier alpha value is -2.94. The molecule has 0 spiro atoms. The van der Waals surface area contributed by atoms with Gasteiger partial charge in [0.2, 0.25) is 15.9 Å². The first-order valence-corrected chi connectivity index (χ1v) is 10.6. The maximum Gasteiger partial charge on any atom is 0.236 e. The molecule has 0 unspecified atom stereocenters. The molecule has 0 saturated heterocycles. The lowest BCUT2D eigenvalue weighted by Gasteiger charge is -2.18. The van der Waals surface area contributed by atoms with Crippen LogP contribution >= 0.6 is 0 Å². The number of nitrogens with one attached hydrogen (secondary N) is 2. The highest BCUT2D eigenvalue weighted by Crippen LogP contribution is 2.35. The molecule has 3 rings (SSSR count). The summed E-state index contributed by atoms with van der Waals surface area (Å²) in [6.45, 7) is 3.75. The summed E-state index contributed by atoms with van der Waals surface area (Å²) in [5, 5.41) is 2.80. The van der Waals surface area contributed by atoms with E-state index in [9.17, 15) is 13.2 Å². The van der Waals surface area contributed by atoms with Crippen molar-refractivity contribution in [3.8, 4) is 17.2 Å². The Kier molecular flexibility index (Phi) is 5.61. The summed E-state index contributed by atoms with van der Waals surface area (Å²) in [5.41, 5.74) is 0.711. The van der Waals surface area contributed by atoms with Crippen LogP contribution in [0.1, 0.15) is 19.4 Å². The lowest BCUT2D eigenvalue weighted by Crippen LogP contribution is -2.33. The second-order valence-corrected chi connectivity index (χ2v) is 9.11. The normalized spacial score (nSPS) is 15.4. The number of hydrogen-bond donors (Lipinski definition) is 2. The van der Waals surface area contributed by atoms with Gasteiger partial charge in [0.05, 0.1) is 36.8 Å². The fourth-order valence-electron chi connectivity index (χ4n) is 2.83. The second-order valence-electron chi connectivity index (χ2n) is 7.39. The first-order valence-electron chi connectivity index (χ1n) is 8.93. The van der Waals surface area contributed by atoms with Crippen LogP contribution < -0.4 is 24.2 Å². The van der Waals surface area contributed by atoms with E-state index < -0.39 is 15.4 Å². The minimum Gasteiger partial charge on any atom is -0.493 e. The number of methoxy groups -OCH3 is 2. The Morgan fingerprint density at radius 3 is 2.52 bits per heavy atom. The largest absolute Gasteiger partial charge is 0.493 e. The van der Waals surface area contributed by atoms with Gasteiger partial charge in [-0.3, -0.25) is 9.52 Å². The molecular formula is C20H24N2O6S. The van der Waals surface area contributed by atoms with Gasteiger partial charge in [0.1, 0.15) is 12.4 Å². The van der Waals surface area contributed by atoms with Crippen molar-refractivity contribution in [2.45, 2.75) is 19.6 Å². The van der Waals surface area contributed by atoms with E-state index in [4.69, 9.17) is 14.2 Å². The Balaban J connectivity index is 1.78. The van der Waals surface area contributed by atoms with Crippen molar-refractivity contribution in [3.05, 3.63) is 42.0 Å². The molecular weight excluding hydrogens is 396 g/mol. The molecule has 0 atom stereocenters. The van der Waals surface area contributed by atoms with Crippen LogP contribution in [0.2, 0.25) is 0 Å². The third-order valence-corrected chi connectivity index (χ3v) is 5.77. The summed E-state index contributed by atoms with van der Waals surface area (Å²) >= 11 is 0. The van der Waals surface area contributed by atoms with Gasteiger partial charge >= 0.3 is 0 Å². The molecule has 2 N–H and O–H groups in total. The maximum atomic E-state index is 12.6. The van der Waals surface area contributed by atoms with Gasteiger partial charge in [-0.1, -0.05) is 6.07 Å². The van der Waals surface area contributed by atoms with Crippen LogP contribution in [0.4, 0.5) is 11.4 Å². The third kappa shape index (κ3) is 4.73. The summed E-state index contributed by atoms with van der Waals surface area (Å²) in [5.74, 6) is 0.995. The molecule has 0 aromatic heterocycles. The lowest BCUT2D eigenvalue weighted by molar-refractivity contribution is -0.124. The van der Waals surface area contributed by atoms with Gasteiger partial charge in [-0.25, -0.2) is 8.42 Å². The van der Waals surface area contributed by atoms with E-state index in [1.807, 2.05) is 0 Å². The van der Waals surface area contributed by atoms with Gasteiger partial charge in [-0.05, 0) is 43.7 Å². The van der Waals surface area contributed by atoms with Crippen LogP contribution in [0.5, 0.6) is 17.2 Å². The van der Waals surface area contributed by atoms with E-state index in [-0.39, 0.29) is 18.3 Å². The topological polar surface area (TPSA) is 103 Å². The second kappa shape index (κ2) is 7.82. The predicted octanol–water partition coefficient (Wildman–Crippen LogP) is 3.00. The average molecular weight is 420 g/mol. The summed E-state index contributed by atoms with van der Waals surface area (Å²) in [4.78, 5) is 12.2. The molecule has 0 aliphatic carbocycles. The van der Waals surface area contributed by atoms with E-state index in [1.165, 1.54) is 14.2 Å². The van der Waals surface area contributed by atoms with Gasteiger partial charge in [-0.2, -0.15) is 0 Å². The number of sulfonamides is 1. The molecule has 1 aliphatic rings. The number of carbonyl (C=O) groups excluding carboxylic acids is 1. The summed E-state index contributed by atoms with van der Waals surface area (Å²) < 4.78 is 43.9. The number of carbonyl (C=O) groups is 1. The Morgan fingerprint density at radius 2 is 1.83 bits per heavy atom. The number of ether oxygens (including phenoxy) is 3. The van der Waals surface area contributed by atoms with Crippen molar-refractivity contribution < 1.29 is 27.4 Å². The smallest absolute Gasteiger partial charge is 0.236 e. The molecule has 156 valence electrons. The minimum absolute atomic E-state index is 0.155. The maximum absolute atomic E-state index is 12.6. The van der Waals surface area contributed by atoms with Gasteiger partial charge in [0, 0.05) is 6.07 Å². The molecule has 0 bridgehead atoms. The monoisotopic (exact) mass is 420 g/mol. The van der Waals surface area contributed by atoms with Crippen LogP contribution in [0.15, 0.2) is 36.4 Å². The highest BCUT2D eigenvalue weighted by atomic mass is 32.2. The van der Waals surface area contributed by atoms with Crippen molar-refractivity contribution in [2.75, 3.05) is 30.9 Å². The highest BCUT2D eigenvalue weighted by Gasteiger charge is 2.32. The zero-order valence-electron chi connectivity index (χ0n) is 16.7. The van der Waals surface area contributed by atoms with Crippen LogP contribution in [0, 0.1) is 5.41 Å². The Morgan fingerprint density at radius 1 is 1.10 bits per heavy atom. The molecule has 1 aliphatic heterocycles. The molecule has 1 amide bonds. The average Bonchev–Trinajstić information content (AvgIpc) is 2.77. The van der Waals surface area contributed by atoms with Crippen LogP contribution in [-0.4, -0.2) is 35.2 Å².